The molecule has 1 aliphatic rings. The van der Waals surface area contributed by atoms with E-state index < -0.39 is 0 Å². The van der Waals surface area contributed by atoms with E-state index in [1.807, 2.05) is 12.1 Å². The van der Waals surface area contributed by atoms with Crippen molar-refractivity contribution >= 4 is 0 Å². The molecule has 26 heavy (non-hydrogen) atoms. The smallest absolute Gasteiger partial charge is 0.125 e. The maximum absolute atomic E-state index is 5.94. The second kappa shape index (κ2) is 9.60. The number of methoxy groups -OCH3 is 1. The highest BCUT2D eigenvalue weighted by Gasteiger charge is 2.10. The lowest BCUT2D eigenvalue weighted by Crippen LogP contribution is -2.36. The van der Waals surface area contributed by atoms with Crippen LogP contribution >= 0.6 is 0 Å². The lowest BCUT2D eigenvalue weighted by atomic mass is 10.1. The number of benzene rings is 2. The third-order valence-electron chi connectivity index (χ3n) is 4.80. The highest BCUT2D eigenvalue weighted by Crippen LogP contribution is 2.23. The molecule has 4 nitrogen and oxygen atoms in total. The normalized spacial score (nSPS) is 15.0. The minimum atomic E-state index is 0.517. The first kappa shape index (κ1) is 18.7. The van der Waals surface area contributed by atoms with Crippen LogP contribution in [0.5, 0.6) is 11.5 Å². The van der Waals surface area contributed by atoms with Gasteiger partial charge in [0.25, 0.3) is 0 Å². The summed E-state index contributed by atoms with van der Waals surface area (Å²) in [5, 5.41) is 0. The highest BCUT2D eigenvalue weighted by molar-refractivity contribution is 5.37. The molecule has 4 heteroatoms. The Balaban J connectivity index is 1.55. The van der Waals surface area contributed by atoms with Gasteiger partial charge in [0, 0.05) is 18.7 Å². The third-order valence-corrected chi connectivity index (χ3v) is 4.80. The molecule has 0 amide bonds. The van der Waals surface area contributed by atoms with E-state index in [0.29, 0.717) is 6.61 Å². The molecule has 1 aliphatic heterocycles. The van der Waals surface area contributed by atoms with Crippen molar-refractivity contribution in [3.8, 4) is 11.5 Å². The zero-order chi connectivity index (χ0) is 18.2. The molecule has 1 fully saturated rings. The van der Waals surface area contributed by atoms with Crippen LogP contribution in [0.1, 0.15) is 23.1 Å². The van der Waals surface area contributed by atoms with Gasteiger partial charge in [0.1, 0.15) is 18.1 Å². The van der Waals surface area contributed by atoms with Crippen molar-refractivity contribution in [1.82, 2.24) is 4.90 Å². The molecule has 0 radical (unpaired) electrons. The molecule has 1 saturated heterocycles. The number of ether oxygens (including phenoxy) is 3. The van der Waals surface area contributed by atoms with E-state index >= 15 is 0 Å². The SMILES string of the molecule is COc1ccc(CCCN2CCOCC2)cc1COc1ccc(C)cc1. The van der Waals surface area contributed by atoms with Crippen LogP contribution in [0.25, 0.3) is 0 Å². The van der Waals surface area contributed by atoms with Crippen LogP contribution in [0.3, 0.4) is 0 Å². The Morgan fingerprint density at radius 2 is 1.81 bits per heavy atom. The molecule has 0 bridgehead atoms. The van der Waals surface area contributed by atoms with E-state index in [0.717, 1.165) is 62.8 Å². The van der Waals surface area contributed by atoms with E-state index in [1.54, 1.807) is 7.11 Å². The van der Waals surface area contributed by atoms with Gasteiger partial charge in [0.15, 0.2) is 0 Å². The quantitative estimate of drug-likeness (QED) is 0.720. The lowest BCUT2D eigenvalue weighted by molar-refractivity contribution is 0.0374. The molecule has 0 spiro atoms. The first-order valence-electron chi connectivity index (χ1n) is 9.40. The van der Waals surface area contributed by atoms with Gasteiger partial charge in [0.05, 0.1) is 20.3 Å². The van der Waals surface area contributed by atoms with Crippen LogP contribution in [-0.2, 0) is 17.8 Å². The number of morpholine rings is 1. The zero-order valence-corrected chi connectivity index (χ0v) is 15.9. The van der Waals surface area contributed by atoms with Crippen LogP contribution in [0.2, 0.25) is 0 Å². The standard InChI is InChI=1S/C22H29NO3/c1-18-5-8-21(9-6-18)26-17-20-16-19(7-10-22(20)24-2)4-3-11-23-12-14-25-15-13-23/h5-10,16H,3-4,11-15,17H2,1-2H3. The van der Waals surface area contributed by atoms with Gasteiger partial charge < -0.3 is 14.2 Å². The van der Waals surface area contributed by atoms with Crippen molar-refractivity contribution in [1.29, 1.82) is 0 Å². The van der Waals surface area contributed by atoms with Crippen molar-refractivity contribution in [2.45, 2.75) is 26.4 Å². The Morgan fingerprint density at radius 1 is 1.04 bits per heavy atom. The molecule has 0 N–H and O–H groups in total. The summed E-state index contributed by atoms with van der Waals surface area (Å²) in [5.74, 6) is 1.77. The molecule has 140 valence electrons. The van der Waals surface area contributed by atoms with E-state index in [-0.39, 0.29) is 0 Å². The molecule has 0 aromatic heterocycles. The number of nitrogens with zero attached hydrogens (tertiary/aromatic N) is 1. The Bertz CT molecular complexity index is 678. The summed E-state index contributed by atoms with van der Waals surface area (Å²) in [6.45, 7) is 7.56. The second-order valence-corrected chi connectivity index (χ2v) is 6.81. The summed E-state index contributed by atoms with van der Waals surface area (Å²) in [6, 6.07) is 14.6. The van der Waals surface area contributed by atoms with Gasteiger partial charge in [-0.25, -0.2) is 0 Å². The van der Waals surface area contributed by atoms with Gasteiger partial charge in [-0.15, -0.1) is 0 Å². The summed E-state index contributed by atoms with van der Waals surface area (Å²) in [6.07, 6.45) is 2.23. The van der Waals surface area contributed by atoms with E-state index in [2.05, 4.69) is 42.2 Å². The summed E-state index contributed by atoms with van der Waals surface area (Å²) in [7, 11) is 1.71. The summed E-state index contributed by atoms with van der Waals surface area (Å²) >= 11 is 0. The Labute approximate surface area is 156 Å². The van der Waals surface area contributed by atoms with Gasteiger partial charge in [-0.05, 0) is 56.1 Å². The van der Waals surface area contributed by atoms with Crippen molar-refractivity contribution < 1.29 is 14.2 Å². The van der Waals surface area contributed by atoms with Crippen LogP contribution in [0.15, 0.2) is 42.5 Å². The first-order chi connectivity index (χ1) is 12.7. The van der Waals surface area contributed by atoms with Gasteiger partial charge in [-0.2, -0.15) is 0 Å². The second-order valence-electron chi connectivity index (χ2n) is 6.81. The molecule has 0 unspecified atom stereocenters. The average molecular weight is 355 g/mol. The van der Waals surface area contributed by atoms with Crippen LogP contribution in [0.4, 0.5) is 0 Å². The molecule has 2 aromatic rings. The van der Waals surface area contributed by atoms with Crippen LogP contribution < -0.4 is 9.47 Å². The molecular weight excluding hydrogens is 326 g/mol. The minimum Gasteiger partial charge on any atom is -0.496 e. The maximum atomic E-state index is 5.94. The summed E-state index contributed by atoms with van der Waals surface area (Å²) in [4.78, 5) is 2.48. The van der Waals surface area contributed by atoms with E-state index in [4.69, 9.17) is 14.2 Å². The Kier molecular flexibility index (Phi) is 6.92. The van der Waals surface area contributed by atoms with Crippen molar-refractivity contribution in [2.75, 3.05) is 40.0 Å². The van der Waals surface area contributed by atoms with Crippen molar-refractivity contribution in [3.05, 3.63) is 59.2 Å². The van der Waals surface area contributed by atoms with Gasteiger partial charge in [-0.3, -0.25) is 4.90 Å². The van der Waals surface area contributed by atoms with Crippen LogP contribution in [-0.4, -0.2) is 44.9 Å². The van der Waals surface area contributed by atoms with E-state index in [1.165, 1.54) is 11.1 Å². The minimum absolute atomic E-state index is 0.517. The highest BCUT2D eigenvalue weighted by atomic mass is 16.5. The largest absolute Gasteiger partial charge is 0.496 e. The summed E-state index contributed by atoms with van der Waals surface area (Å²) in [5.41, 5.74) is 3.66. The van der Waals surface area contributed by atoms with E-state index in [9.17, 15) is 0 Å². The number of hydrogen-bond donors (Lipinski definition) is 0. The topological polar surface area (TPSA) is 30.9 Å². The number of rotatable bonds is 8. The number of hydrogen-bond acceptors (Lipinski definition) is 4. The molecular formula is C22H29NO3. The predicted molar refractivity (Wildman–Crippen MR) is 104 cm³/mol. The third kappa shape index (κ3) is 5.48. The Hall–Kier alpha value is -2.04. The number of aryl methyl sites for hydroxylation is 2. The molecule has 0 atom stereocenters. The maximum Gasteiger partial charge on any atom is 0.125 e. The fourth-order valence-corrected chi connectivity index (χ4v) is 3.23. The fraction of sp³-hybridized carbons (Fsp3) is 0.455. The van der Waals surface area contributed by atoms with Crippen LogP contribution in [0, 0.1) is 6.92 Å². The first-order valence-corrected chi connectivity index (χ1v) is 9.40. The fourth-order valence-electron chi connectivity index (χ4n) is 3.23. The lowest BCUT2D eigenvalue weighted by Gasteiger charge is -2.26. The predicted octanol–water partition coefficient (Wildman–Crippen LogP) is 3.85. The molecule has 0 aliphatic carbocycles. The molecule has 1 heterocycles. The molecule has 0 saturated carbocycles. The van der Waals surface area contributed by atoms with Gasteiger partial charge in [-0.1, -0.05) is 23.8 Å². The Morgan fingerprint density at radius 3 is 2.54 bits per heavy atom. The monoisotopic (exact) mass is 355 g/mol. The zero-order valence-electron chi connectivity index (χ0n) is 15.9. The summed E-state index contributed by atoms with van der Waals surface area (Å²) < 4.78 is 16.9. The van der Waals surface area contributed by atoms with Crippen molar-refractivity contribution in [2.24, 2.45) is 0 Å². The van der Waals surface area contributed by atoms with Crippen molar-refractivity contribution in [3.63, 3.8) is 0 Å². The molecule has 2 aromatic carbocycles. The van der Waals surface area contributed by atoms with Gasteiger partial charge >= 0.3 is 0 Å². The average Bonchev–Trinajstić information content (AvgIpc) is 2.68. The molecule has 3 rings (SSSR count). The van der Waals surface area contributed by atoms with Gasteiger partial charge in [0.2, 0.25) is 0 Å².